The van der Waals surface area contributed by atoms with Gasteiger partial charge in [-0.1, -0.05) is 11.6 Å². The molecule has 0 aliphatic carbocycles. The van der Waals surface area contributed by atoms with E-state index >= 15 is 0 Å². The lowest BCUT2D eigenvalue weighted by Gasteiger charge is -2.19. The van der Waals surface area contributed by atoms with Crippen LogP contribution in [0.4, 0.5) is 5.82 Å². The predicted molar refractivity (Wildman–Crippen MR) is 75.9 cm³/mol. The van der Waals surface area contributed by atoms with Gasteiger partial charge in [0, 0.05) is 13.2 Å². The van der Waals surface area contributed by atoms with Gasteiger partial charge in [-0.15, -0.1) is 0 Å². The van der Waals surface area contributed by atoms with Crippen LogP contribution >= 0.6 is 11.6 Å². The van der Waals surface area contributed by atoms with Crippen LogP contribution in [-0.4, -0.2) is 47.5 Å². The molecule has 1 aromatic rings. The Morgan fingerprint density at radius 2 is 2.14 bits per heavy atom. The van der Waals surface area contributed by atoms with Gasteiger partial charge < -0.3 is 21.1 Å². The number of rotatable bonds is 7. The Morgan fingerprint density at radius 3 is 2.62 bits per heavy atom. The molecule has 21 heavy (non-hydrogen) atoms. The molecule has 2 amide bonds. The second kappa shape index (κ2) is 7.44. The number of aliphatic carboxylic acids is 1. The second-order valence-electron chi connectivity index (χ2n) is 4.32. The Balaban J connectivity index is 2.61. The largest absolute Gasteiger partial charge is 0.480 e. The zero-order valence-corrected chi connectivity index (χ0v) is 12.0. The van der Waals surface area contributed by atoms with E-state index in [2.05, 4.69) is 10.3 Å². The first-order chi connectivity index (χ1) is 9.79. The summed E-state index contributed by atoms with van der Waals surface area (Å²) < 4.78 is 0. The van der Waals surface area contributed by atoms with Gasteiger partial charge in [-0.05, 0) is 12.1 Å². The number of hydrogen-bond donors (Lipinski definition) is 3. The Labute approximate surface area is 125 Å². The zero-order chi connectivity index (χ0) is 16.0. The Morgan fingerprint density at radius 1 is 1.48 bits per heavy atom. The van der Waals surface area contributed by atoms with Crippen molar-refractivity contribution in [2.24, 2.45) is 5.73 Å². The van der Waals surface area contributed by atoms with E-state index in [9.17, 15) is 14.4 Å². The molecule has 0 aliphatic rings. The van der Waals surface area contributed by atoms with E-state index < -0.39 is 30.2 Å². The van der Waals surface area contributed by atoms with Crippen LogP contribution in [0.15, 0.2) is 18.3 Å². The van der Waals surface area contributed by atoms with Crippen LogP contribution in [0, 0.1) is 0 Å². The number of amides is 2. The number of carboxylic acids is 1. The number of aromatic nitrogens is 1. The summed E-state index contributed by atoms with van der Waals surface area (Å²) in [7, 11) is 1.61. The fourth-order valence-electron chi connectivity index (χ4n) is 1.53. The molecule has 1 rings (SSSR count). The SMILES string of the molecule is CN(CC(=O)N[C@H](CC(N)=O)C(=O)O)c1ccc(Cl)cn1. The number of likely N-dealkylation sites (N-methyl/N-ethyl adjacent to an activating group) is 1. The monoisotopic (exact) mass is 314 g/mol. The molecule has 0 unspecified atom stereocenters. The van der Waals surface area contributed by atoms with E-state index in [0.717, 1.165) is 0 Å². The first-order valence-electron chi connectivity index (χ1n) is 5.92. The number of carboxylic acid groups (broad SMARTS) is 1. The molecule has 0 aliphatic heterocycles. The van der Waals surface area contributed by atoms with Gasteiger partial charge in [0.05, 0.1) is 18.0 Å². The van der Waals surface area contributed by atoms with Crippen molar-refractivity contribution >= 4 is 35.2 Å². The third-order valence-corrected chi connectivity index (χ3v) is 2.75. The van der Waals surface area contributed by atoms with Gasteiger partial charge in [0.15, 0.2) is 0 Å². The highest BCUT2D eigenvalue weighted by atomic mass is 35.5. The summed E-state index contributed by atoms with van der Waals surface area (Å²) in [6.45, 7) is -0.128. The Hall–Kier alpha value is -2.35. The van der Waals surface area contributed by atoms with Gasteiger partial charge in [-0.2, -0.15) is 0 Å². The Bertz CT molecular complexity index is 535. The minimum atomic E-state index is -1.35. The third kappa shape index (κ3) is 5.65. The third-order valence-electron chi connectivity index (χ3n) is 2.52. The molecule has 4 N–H and O–H groups in total. The van der Waals surface area contributed by atoms with Gasteiger partial charge >= 0.3 is 5.97 Å². The first-order valence-corrected chi connectivity index (χ1v) is 6.30. The molecule has 9 heteroatoms. The minimum absolute atomic E-state index is 0.128. The number of hydrogen-bond acceptors (Lipinski definition) is 5. The number of pyridine rings is 1. The lowest BCUT2D eigenvalue weighted by Crippen LogP contribution is -2.46. The average Bonchev–Trinajstić information content (AvgIpc) is 2.37. The van der Waals surface area contributed by atoms with Crippen LogP contribution in [0.3, 0.4) is 0 Å². The molecule has 0 radical (unpaired) electrons. The molecule has 0 fully saturated rings. The molecule has 0 saturated heterocycles. The molecule has 1 heterocycles. The Kier molecular flexibility index (Phi) is 5.92. The molecule has 0 bridgehead atoms. The topological polar surface area (TPSA) is 126 Å². The van der Waals surface area contributed by atoms with E-state index in [4.69, 9.17) is 22.4 Å². The summed E-state index contributed by atoms with van der Waals surface area (Å²) in [5.41, 5.74) is 4.93. The lowest BCUT2D eigenvalue weighted by molar-refractivity contribution is -0.143. The molecule has 1 aromatic heterocycles. The first kappa shape index (κ1) is 16.7. The summed E-state index contributed by atoms with van der Waals surface area (Å²) in [6, 6.07) is 1.89. The quantitative estimate of drug-likeness (QED) is 0.629. The molecule has 114 valence electrons. The number of anilines is 1. The van der Waals surface area contributed by atoms with Gasteiger partial charge in [0.2, 0.25) is 11.8 Å². The highest BCUT2D eigenvalue weighted by Gasteiger charge is 2.22. The summed E-state index contributed by atoms with van der Waals surface area (Å²) in [4.78, 5) is 38.9. The molecule has 1 atom stereocenters. The van der Waals surface area contributed by atoms with Crippen molar-refractivity contribution in [1.82, 2.24) is 10.3 Å². The van der Waals surface area contributed by atoms with Crippen molar-refractivity contribution in [3.8, 4) is 0 Å². The van der Waals surface area contributed by atoms with E-state index in [1.54, 1.807) is 19.2 Å². The number of primary amides is 1. The maximum absolute atomic E-state index is 11.8. The van der Waals surface area contributed by atoms with E-state index in [0.29, 0.717) is 10.8 Å². The van der Waals surface area contributed by atoms with Crippen molar-refractivity contribution in [1.29, 1.82) is 0 Å². The molecule has 0 aromatic carbocycles. The van der Waals surface area contributed by atoms with Crippen molar-refractivity contribution in [2.45, 2.75) is 12.5 Å². The predicted octanol–water partition coefficient (Wildman–Crippen LogP) is -0.384. The fraction of sp³-hybridized carbons (Fsp3) is 0.333. The smallest absolute Gasteiger partial charge is 0.326 e. The zero-order valence-electron chi connectivity index (χ0n) is 11.2. The highest BCUT2D eigenvalue weighted by molar-refractivity contribution is 6.30. The number of nitrogens with one attached hydrogen (secondary N) is 1. The van der Waals surface area contributed by atoms with E-state index in [1.165, 1.54) is 11.1 Å². The fourth-order valence-corrected chi connectivity index (χ4v) is 1.64. The summed E-state index contributed by atoms with van der Waals surface area (Å²) in [5.74, 6) is -2.20. The molecular weight excluding hydrogens is 300 g/mol. The van der Waals surface area contributed by atoms with Crippen LogP contribution < -0.4 is 16.0 Å². The minimum Gasteiger partial charge on any atom is -0.480 e. The van der Waals surface area contributed by atoms with Crippen molar-refractivity contribution in [2.75, 3.05) is 18.5 Å². The van der Waals surface area contributed by atoms with Crippen LogP contribution in [-0.2, 0) is 14.4 Å². The van der Waals surface area contributed by atoms with Gasteiger partial charge in [0.25, 0.3) is 0 Å². The summed E-state index contributed by atoms with van der Waals surface area (Å²) in [6.07, 6.45) is 0.961. The number of nitrogens with two attached hydrogens (primary N) is 1. The lowest BCUT2D eigenvalue weighted by atomic mass is 10.2. The summed E-state index contributed by atoms with van der Waals surface area (Å²) in [5, 5.41) is 11.6. The number of carbonyl (C=O) groups excluding carboxylic acids is 2. The number of carbonyl (C=O) groups is 3. The van der Waals surface area contributed by atoms with Crippen LogP contribution in [0.25, 0.3) is 0 Å². The molecular formula is C12H15ClN4O4. The van der Waals surface area contributed by atoms with Crippen LogP contribution in [0.5, 0.6) is 0 Å². The van der Waals surface area contributed by atoms with Crippen molar-refractivity contribution < 1.29 is 19.5 Å². The van der Waals surface area contributed by atoms with E-state index in [-0.39, 0.29) is 6.54 Å². The normalized spacial score (nSPS) is 11.5. The van der Waals surface area contributed by atoms with Crippen molar-refractivity contribution in [3.05, 3.63) is 23.4 Å². The van der Waals surface area contributed by atoms with E-state index in [1.807, 2.05) is 0 Å². The van der Waals surface area contributed by atoms with Crippen LogP contribution in [0.2, 0.25) is 5.02 Å². The second-order valence-corrected chi connectivity index (χ2v) is 4.76. The molecule has 8 nitrogen and oxygen atoms in total. The maximum Gasteiger partial charge on any atom is 0.326 e. The standard InChI is InChI=1S/C12H15ClN4O4/c1-17(10-3-2-7(13)5-15-10)6-11(19)16-8(12(20)21)4-9(14)18/h2-3,5,8H,4,6H2,1H3,(H2,14,18)(H,16,19)(H,20,21)/t8-/m1/s1. The van der Waals surface area contributed by atoms with Gasteiger partial charge in [-0.25, -0.2) is 9.78 Å². The summed E-state index contributed by atoms with van der Waals surface area (Å²) >= 11 is 5.70. The number of nitrogens with zero attached hydrogens (tertiary/aromatic N) is 2. The highest BCUT2D eigenvalue weighted by Crippen LogP contribution is 2.12. The molecule has 0 saturated carbocycles. The van der Waals surface area contributed by atoms with Crippen molar-refractivity contribution in [3.63, 3.8) is 0 Å². The van der Waals surface area contributed by atoms with Crippen LogP contribution in [0.1, 0.15) is 6.42 Å². The van der Waals surface area contributed by atoms with Gasteiger partial charge in [-0.3, -0.25) is 9.59 Å². The number of halogens is 1. The molecule has 0 spiro atoms. The maximum atomic E-state index is 11.8. The average molecular weight is 315 g/mol. The van der Waals surface area contributed by atoms with Gasteiger partial charge in [0.1, 0.15) is 11.9 Å².